The van der Waals surface area contributed by atoms with E-state index in [1.165, 1.54) is 0 Å². The highest BCUT2D eigenvalue weighted by Gasteiger charge is 2.13. The first kappa shape index (κ1) is 16.8. The summed E-state index contributed by atoms with van der Waals surface area (Å²) in [4.78, 5) is 11.4. The lowest BCUT2D eigenvalue weighted by Gasteiger charge is -2.15. The standard InChI is InChI=1S/C25H18O2/c26-25(27)20-12-8-11-19(17-20)22-14-5-7-16-24(22)23-15-6-4-13-21(23)18-9-2-1-3-10-18/h1-17H,(H,26,27). The van der Waals surface area contributed by atoms with E-state index in [4.69, 9.17) is 0 Å². The van der Waals surface area contributed by atoms with Crippen LogP contribution in [0.25, 0.3) is 33.4 Å². The Bertz CT molecular complexity index is 1100. The zero-order valence-electron chi connectivity index (χ0n) is 14.7. The summed E-state index contributed by atoms with van der Waals surface area (Å²) in [6, 6.07) is 33.8. The van der Waals surface area contributed by atoms with Crippen molar-refractivity contribution in [2.45, 2.75) is 0 Å². The van der Waals surface area contributed by atoms with Gasteiger partial charge in [0.2, 0.25) is 0 Å². The predicted octanol–water partition coefficient (Wildman–Crippen LogP) is 6.39. The summed E-state index contributed by atoms with van der Waals surface area (Å²) in [6.07, 6.45) is 0. The summed E-state index contributed by atoms with van der Waals surface area (Å²) in [5.41, 5.74) is 6.72. The molecule has 0 fully saturated rings. The molecule has 27 heavy (non-hydrogen) atoms. The molecule has 2 heteroatoms. The van der Waals surface area contributed by atoms with Crippen molar-refractivity contribution in [3.05, 3.63) is 109 Å². The van der Waals surface area contributed by atoms with Crippen LogP contribution in [-0.2, 0) is 0 Å². The van der Waals surface area contributed by atoms with Gasteiger partial charge in [-0.3, -0.25) is 0 Å². The van der Waals surface area contributed by atoms with Crippen LogP contribution in [0, 0.1) is 0 Å². The molecular weight excluding hydrogens is 332 g/mol. The number of carbonyl (C=O) groups is 1. The van der Waals surface area contributed by atoms with Crippen LogP contribution in [0.5, 0.6) is 0 Å². The van der Waals surface area contributed by atoms with Gasteiger partial charge in [0.1, 0.15) is 0 Å². The fourth-order valence-electron chi connectivity index (χ4n) is 3.38. The maximum atomic E-state index is 11.4. The minimum absolute atomic E-state index is 0.290. The van der Waals surface area contributed by atoms with Crippen molar-refractivity contribution in [1.82, 2.24) is 0 Å². The number of aromatic carboxylic acids is 1. The van der Waals surface area contributed by atoms with Crippen molar-refractivity contribution in [3.63, 3.8) is 0 Å². The molecule has 0 amide bonds. The molecule has 0 atom stereocenters. The molecule has 1 N–H and O–H groups in total. The molecular formula is C25H18O2. The molecule has 0 aromatic heterocycles. The van der Waals surface area contributed by atoms with Gasteiger partial charge < -0.3 is 5.11 Å². The molecule has 0 radical (unpaired) electrons. The Labute approximate surface area is 158 Å². The summed E-state index contributed by atoms with van der Waals surface area (Å²) in [5.74, 6) is -0.918. The summed E-state index contributed by atoms with van der Waals surface area (Å²) < 4.78 is 0. The highest BCUT2D eigenvalue weighted by Crippen LogP contribution is 2.38. The maximum absolute atomic E-state index is 11.4. The van der Waals surface area contributed by atoms with Crippen molar-refractivity contribution in [2.24, 2.45) is 0 Å². The molecule has 2 nitrogen and oxygen atoms in total. The smallest absolute Gasteiger partial charge is 0.335 e. The fraction of sp³-hybridized carbons (Fsp3) is 0. The first-order valence-electron chi connectivity index (χ1n) is 8.81. The van der Waals surface area contributed by atoms with Gasteiger partial charge in [-0.15, -0.1) is 0 Å². The lowest BCUT2D eigenvalue weighted by atomic mass is 9.89. The number of carboxylic acid groups (broad SMARTS) is 1. The molecule has 4 aromatic carbocycles. The van der Waals surface area contributed by atoms with Crippen LogP contribution in [0.2, 0.25) is 0 Å². The van der Waals surface area contributed by atoms with Crippen LogP contribution in [0.15, 0.2) is 103 Å². The Kier molecular flexibility index (Phi) is 4.54. The van der Waals surface area contributed by atoms with Gasteiger partial charge in [-0.05, 0) is 45.5 Å². The van der Waals surface area contributed by atoms with E-state index < -0.39 is 5.97 Å². The number of hydrogen-bond acceptors (Lipinski definition) is 1. The zero-order valence-corrected chi connectivity index (χ0v) is 14.7. The Balaban J connectivity index is 1.91. The summed E-state index contributed by atoms with van der Waals surface area (Å²) in [5, 5.41) is 9.34. The van der Waals surface area contributed by atoms with Crippen LogP contribution >= 0.6 is 0 Å². The molecule has 0 aliphatic carbocycles. The van der Waals surface area contributed by atoms with Crippen LogP contribution in [0.4, 0.5) is 0 Å². The van der Waals surface area contributed by atoms with Gasteiger partial charge in [0, 0.05) is 0 Å². The lowest BCUT2D eigenvalue weighted by molar-refractivity contribution is 0.0697. The SMILES string of the molecule is O=C(O)c1cccc(-c2ccccc2-c2ccccc2-c2ccccc2)c1. The van der Waals surface area contributed by atoms with E-state index in [0.717, 1.165) is 33.4 Å². The lowest BCUT2D eigenvalue weighted by Crippen LogP contribution is -1.96. The normalized spacial score (nSPS) is 10.5. The van der Waals surface area contributed by atoms with E-state index in [1.54, 1.807) is 18.2 Å². The molecule has 0 bridgehead atoms. The zero-order chi connectivity index (χ0) is 18.6. The van der Waals surface area contributed by atoms with Gasteiger partial charge in [-0.2, -0.15) is 0 Å². The number of rotatable bonds is 4. The summed E-state index contributed by atoms with van der Waals surface area (Å²) >= 11 is 0. The molecule has 0 aliphatic rings. The predicted molar refractivity (Wildman–Crippen MR) is 110 cm³/mol. The second-order valence-electron chi connectivity index (χ2n) is 6.34. The highest BCUT2D eigenvalue weighted by molar-refractivity contribution is 5.94. The van der Waals surface area contributed by atoms with Gasteiger partial charge in [0.05, 0.1) is 5.56 Å². The van der Waals surface area contributed by atoms with Crippen molar-refractivity contribution in [2.75, 3.05) is 0 Å². The van der Waals surface area contributed by atoms with E-state index in [0.29, 0.717) is 5.56 Å². The second kappa shape index (κ2) is 7.30. The van der Waals surface area contributed by atoms with Gasteiger partial charge in [-0.1, -0.05) is 91.0 Å². The van der Waals surface area contributed by atoms with Crippen molar-refractivity contribution >= 4 is 5.97 Å². The van der Waals surface area contributed by atoms with E-state index in [1.807, 2.05) is 54.6 Å². The topological polar surface area (TPSA) is 37.3 Å². The molecule has 0 unspecified atom stereocenters. The largest absolute Gasteiger partial charge is 0.478 e. The van der Waals surface area contributed by atoms with E-state index in [-0.39, 0.29) is 0 Å². The molecule has 0 heterocycles. The monoisotopic (exact) mass is 350 g/mol. The van der Waals surface area contributed by atoms with E-state index in [9.17, 15) is 9.90 Å². The Morgan fingerprint density at radius 2 is 1.00 bits per heavy atom. The average molecular weight is 350 g/mol. The Hall–Kier alpha value is -3.65. The van der Waals surface area contributed by atoms with Crippen molar-refractivity contribution < 1.29 is 9.90 Å². The number of benzene rings is 4. The summed E-state index contributed by atoms with van der Waals surface area (Å²) in [6.45, 7) is 0. The summed E-state index contributed by atoms with van der Waals surface area (Å²) in [7, 11) is 0. The van der Waals surface area contributed by atoms with Crippen molar-refractivity contribution in [3.8, 4) is 33.4 Å². The molecule has 0 saturated carbocycles. The van der Waals surface area contributed by atoms with Crippen LogP contribution < -0.4 is 0 Å². The first-order chi connectivity index (χ1) is 13.2. The molecule has 4 rings (SSSR count). The van der Waals surface area contributed by atoms with Gasteiger partial charge >= 0.3 is 5.97 Å². The molecule has 130 valence electrons. The third-order valence-corrected chi connectivity index (χ3v) is 4.65. The molecule has 4 aromatic rings. The minimum Gasteiger partial charge on any atom is -0.478 e. The fourth-order valence-corrected chi connectivity index (χ4v) is 3.38. The number of carboxylic acids is 1. The van der Waals surface area contributed by atoms with Crippen LogP contribution in [-0.4, -0.2) is 11.1 Å². The average Bonchev–Trinajstić information content (AvgIpc) is 2.74. The van der Waals surface area contributed by atoms with Gasteiger partial charge in [-0.25, -0.2) is 4.79 Å². The third-order valence-electron chi connectivity index (χ3n) is 4.65. The Morgan fingerprint density at radius 3 is 1.59 bits per heavy atom. The molecule has 0 saturated heterocycles. The molecule has 0 spiro atoms. The maximum Gasteiger partial charge on any atom is 0.335 e. The van der Waals surface area contributed by atoms with Crippen LogP contribution in [0.1, 0.15) is 10.4 Å². The quantitative estimate of drug-likeness (QED) is 0.463. The number of hydrogen-bond donors (Lipinski definition) is 1. The minimum atomic E-state index is -0.918. The third kappa shape index (κ3) is 3.38. The van der Waals surface area contributed by atoms with E-state index in [2.05, 4.69) is 30.3 Å². The van der Waals surface area contributed by atoms with Gasteiger partial charge in [0.25, 0.3) is 0 Å². The molecule has 0 aliphatic heterocycles. The van der Waals surface area contributed by atoms with Crippen LogP contribution in [0.3, 0.4) is 0 Å². The first-order valence-corrected chi connectivity index (χ1v) is 8.81. The van der Waals surface area contributed by atoms with Gasteiger partial charge in [0.15, 0.2) is 0 Å². The second-order valence-corrected chi connectivity index (χ2v) is 6.34. The van der Waals surface area contributed by atoms with E-state index >= 15 is 0 Å². The van der Waals surface area contributed by atoms with Crippen molar-refractivity contribution in [1.29, 1.82) is 0 Å². The highest BCUT2D eigenvalue weighted by atomic mass is 16.4. The Morgan fingerprint density at radius 1 is 0.519 bits per heavy atom.